The Balaban J connectivity index is 1.66. The Kier molecular flexibility index (Phi) is 7.72. The lowest BCUT2D eigenvalue weighted by Crippen LogP contribution is -2.43. The van der Waals surface area contributed by atoms with Crippen molar-refractivity contribution in [1.29, 1.82) is 0 Å². The second-order valence-corrected chi connectivity index (χ2v) is 7.04. The van der Waals surface area contributed by atoms with Crippen molar-refractivity contribution in [3.8, 4) is 0 Å². The van der Waals surface area contributed by atoms with E-state index in [0.29, 0.717) is 37.4 Å². The van der Waals surface area contributed by atoms with Gasteiger partial charge in [0.15, 0.2) is 0 Å². The molecule has 1 aliphatic heterocycles. The molecule has 1 unspecified atom stereocenters. The molecule has 1 aromatic heterocycles. The molecule has 2 aromatic rings. The van der Waals surface area contributed by atoms with Crippen molar-refractivity contribution in [3.05, 3.63) is 59.9 Å². The number of ether oxygens (including phenoxy) is 1. The van der Waals surface area contributed by atoms with Gasteiger partial charge in [0.25, 0.3) is 5.91 Å². The lowest BCUT2D eigenvalue weighted by Gasteiger charge is -2.34. The fourth-order valence-corrected chi connectivity index (χ4v) is 3.40. The third-order valence-corrected chi connectivity index (χ3v) is 4.90. The number of carbonyl (C=O) groups is 2. The van der Waals surface area contributed by atoms with Gasteiger partial charge in [-0.2, -0.15) is 0 Å². The van der Waals surface area contributed by atoms with Gasteiger partial charge in [-0.15, -0.1) is 0 Å². The predicted octanol–water partition coefficient (Wildman–Crippen LogP) is 2.62. The maximum absolute atomic E-state index is 12.7. The van der Waals surface area contributed by atoms with Crippen molar-refractivity contribution < 1.29 is 14.3 Å². The number of hydrogen-bond donors (Lipinski definition) is 2. The molecule has 1 saturated heterocycles. The molecule has 1 fully saturated rings. The van der Waals surface area contributed by atoms with E-state index < -0.39 is 0 Å². The summed E-state index contributed by atoms with van der Waals surface area (Å²) in [7, 11) is 0. The number of nitrogens with one attached hydrogen (secondary N) is 2. The monoisotopic (exact) mass is 396 g/mol. The van der Waals surface area contributed by atoms with Gasteiger partial charge in [-0.05, 0) is 36.2 Å². The van der Waals surface area contributed by atoms with Crippen molar-refractivity contribution >= 4 is 17.5 Å². The highest BCUT2D eigenvalue weighted by molar-refractivity contribution is 5.97. The molecule has 154 valence electrons. The number of rotatable bonds is 8. The van der Waals surface area contributed by atoms with Gasteiger partial charge in [0.2, 0.25) is 5.91 Å². The van der Waals surface area contributed by atoms with E-state index in [1.54, 1.807) is 30.5 Å². The van der Waals surface area contributed by atoms with Gasteiger partial charge >= 0.3 is 0 Å². The fraction of sp³-hybridized carbons (Fsp3) is 0.409. The molecule has 1 aromatic carbocycles. The van der Waals surface area contributed by atoms with Crippen LogP contribution in [-0.2, 0) is 9.53 Å². The first-order valence-electron chi connectivity index (χ1n) is 10.1. The van der Waals surface area contributed by atoms with Crippen molar-refractivity contribution in [2.45, 2.75) is 25.8 Å². The summed E-state index contributed by atoms with van der Waals surface area (Å²) in [5.74, 6) is -0.215. The first kappa shape index (κ1) is 21.0. The minimum atomic E-state index is -0.168. The van der Waals surface area contributed by atoms with Crippen LogP contribution in [0.1, 0.15) is 41.7 Å². The number of hydrogen-bond acceptors (Lipinski definition) is 5. The number of morpholine rings is 1. The number of amides is 2. The molecular weight excluding hydrogens is 368 g/mol. The summed E-state index contributed by atoms with van der Waals surface area (Å²) in [5, 5.41) is 5.87. The average Bonchev–Trinajstić information content (AvgIpc) is 2.75. The lowest BCUT2D eigenvalue weighted by molar-refractivity contribution is -0.116. The Morgan fingerprint density at radius 1 is 1.21 bits per heavy atom. The second kappa shape index (κ2) is 10.7. The van der Waals surface area contributed by atoms with Gasteiger partial charge in [-0.1, -0.05) is 19.1 Å². The molecule has 2 amide bonds. The summed E-state index contributed by atoms with van der Waals surface area (Å²) in [6.45, 7) is 5.42. The minimum absolute atomic E-state index is 0.0315. The van der Waals surface area contributed by atoms with Crippen LogP contribution in [0, 0.1) is 0 Å². The van der Waals surface area contributed by atoms with Crippen molar-refractivity contribution in [1.82, 2.24) is 15.2 Å². The Morgan fingerprint density at radius 3 is 2.76 bits per heavy atom. The van der Waals surface area contributed by atoms with Crippen LogP contribution in [0.3, 0.4) is 0 Å². The molecule has 2 heterocycles. The zero-order valence-electron chi connectivity index (χ0n) is 16.8. The molecule has 7 heteroatoms. The molecule has 0 bridgehead atoms. The normalized spacial score (nSPS) is 15.5. The van der Waals surface area contributed by atoms with Gasteiger partial charge in [0, 0.05) is 49.7 Å². The third-order valence-electron chi connectivity index (χ3n) is 4.90. The van der Waals surface area contributed by atoms with Gasteiger partial charge < -0.3 is 15.4 Å². The van der Waals surface area contributed by atoms with E-state index in [2.05, 4.69) is 20.5 Å². The van der Waals surface area contributed by atoms with E-state index in [1.165, 1.54) is 0 Å². The van der Waals surface area contributed by atoms with Crippen LogP contribution in [0.15, 0.2) is 48.8 Å². The molecule has 7 nitrogen and oxygen atoms in total. The first-order chi connectivity index (χ1) is 14.2. The van der Waals surface area contributed by atoms with Crippen molar-refractivity contribution in [2.24, 2.45) is 0 Å². The minimum Gasteiger partial charge on any atom is -0.379 e. The Hall–Kier alpha value is -2.77. The molecular formula is C22H28N4O3. The SMILES string of the molecule is CCCC(=O)Nc1cccc(C(=O)NCC(c2cccnc2)N2CCOCC2)c1. The van der Waals surface area contributed by atoms with Gasteiger partial charge in [-0.3, -0.25) is 19.5 Å². The molecule has 1 aliphatic rings. The smallest absolute Gasteiger partial charge is 0.251 e. The van der Waals surface area contributed by atoms with Crippen LogP contribution in [-0.4, -0.2) is 54.5 Å². The molecule has 2 N–H and O–H groups in total. The van der Waals surface area contributed by atoms with Crippen LogP contribution in [0.25, 0.3) is 0 Å². The molecule has 0 saturated carbocycles. The van der Waals surface area contributed by atoms with E-state index in [-0.39, 0.29) is 17.9 Å². The first-order valence-corrected chi connectivity index (χ1v) is 10.1. The van der Waals surface area contributed by atoms with E-state index in [4.69, 9.17) is 4.74 Å². The quantitative estimate of drug-likeness (QED) is 0.717. The molecule has 0 radical (unpaired) electrons. The van der Waals surface area contributed by atoms with Crippen LogP contribution >= 0.6 is 0 Å². The van der Waals surface area contributed by atoms with Crippen molar-refractivity contribution in [3.63, 3.8) is 0 Å². The second-order valence-electron chi connectivity index (χ2n) is 7.04. The molecule has 29 heavy (non-hydrogen) atoms. The standard InChI is InChI=1S/C22H28N4O3/c1-2-5-21(27)25-19-8-3-6-17(14-19)22(28)24-16-20(18-7-4-9-23-15-18)26-10-12-29-13-11-26/h3-4,6-9,14-15,20H,2,5,10-13,16H2,1H3,(H,24,28)(H,25,27). The summed E-state index contributed by atoms with van der Waals surface area (Å²) in [6.07, 6.45) is 4.83. The number of pyridine rings is 1. The summed E-state index contributed by atoms with van der Waals surface area (Å²) >= 11 is 0. The summed E-state index contributed by atoms with van der Waals surface area (Å²) in [4.78, 5) is 31.1. The largest absolute Gasteiger partial charge is 0.379 e. The Labute approximate surface area is 171 Å². The van der Waals surface area contributed by atoms with E-state index in [9.17, 15) is 9.59 Å². The number of benzene rings is 1. The fourth-order valence-electron chi connectivity index (χ4n) is 3.40. The summed E-state index contributed by atoms with van der Waals surface area (Å²) in [5.41, 5.74) is 2.22. The maximum atomic E-state index is 12.7. The lowest BCUT2D eigenvalue weighted by atomic mass is 10.1. The Morgan fingerprint density at radius 2 is 2.03 bits per heavy atom. The highest BCUT2D eigenvalue weighted by Crippen LogP contribution is 2.21. The van der Waals surface area contributed by atoms with E-state index >= 15 is 0 Å². The molecule has 0 aliphatic carbocycles. The number of carbonyl (C=O) groups excluding carboxylic acids is 2. The average molecular weight is 396 g/mol. The Bertz CT molecular complexity index is 807. The number of anilines is 1. The number of aromatic nitrogens is 1. The molecule has 1 atom stereocenters. The summed E-state index contributed by atoms with van der Waals surface area (Å²) < 4.78 is 5.46. The topological polar surface area (TPSA) is 83.6 Å². The molecule has 3 rings (SSSR count). The highest BCUT2D eigenvalue weighted by atomic mass is 16.5. The van der Waals surface area contributed by atoms with E-state index in [0.717, 1.165) is 25.1 Å². The van der Waals surface area contributed by atoms with Crippen LogP contribution in [0.2, 0.25) is 0 Å². The predicted molar refractivity (Wildman–Crippen MR) is 112 cm³/mol. The van der Waals surface area contributed by atoms with E-state index in [1.807, 2.05) is 25.3 Å². The zero-order valence-corrected chi connectivity index (χ0v) is 16.8. The number of nitrogens with zero attached hydrogens (tertiary/aromatic N) is 2. The van der Waals surface area contributed by atoms with Crippen LogP contribution in [0.4, 0.5) is 5.69 Å². The van der Waals surface area contributed by atoms with Gasteiger partial charge in [0.05, 0.1) is 19.3 Å². The third kappa shape index (κ3) is 6.10. The summed E-state index contributed by atoms with van der Waals surface area (Å²) in [6, 6.07) is 11.0. The van der Waals surface area contributed by atoms with Crippen molar-refractivity contribution in [2.75, 3.05) is 38.2 Å². The highest BCUT2D eigenvalue weighted by Gasteiger charge is 2.23. The zero-order chi connectivity index (χ0) is 20.5. The van der Waals surface area contributed by atoms with Crippen LogP contribution < -0.4 is 10.6 Å². The van der Waals surface area contributed by atoms with Crippen LogP contribution in [0.5, 0.6) is 0 Å². The maximum Gasteiger partial charge on any atom is 0.251 e. The molecule has 0 spiro atoms. The van der Waals surface area contributed by atoms with Gasteiger partial charge in [0.1, 0.15) is 0 Å². The van der Waals surface area contributed by atoms with Gasteiger partial charge in [-0.25, -0.2) is 0 Å².